The summed E-state index contributed by atoms with van der Waals surface area (Å²) in [5.41, 5.74) is 0.374. The molecule has 0 N–H and O–H groups in total. The summed E-state index contributed by atoms with van der Waals surface area (Å²) in [5.74, 6) is -0.452. The Kier molecular flexibility index (Phi) is 3.29. The summed E-state index contributed by atoms with van der Waals surface area (Å²) in [6.45, 7) is 0. The predicted molar refractivity (Wildman–Crippen MR) is 66.1 cm³/mol. The van der Waals surface area contributed by atoms with E-state index < -0.39 is 11.4 Å². The Balaban J connectivity index is 2.65. The Morgan fingerprint density at radius 3 is 2.74 bits per heavy atom. The topological polar surface area (TPSA) is 67.9 Å². The molecule has 6 heteroatoms. The summed E-state index contributed by atoms with van der Waals surface area (Å²) in [4.78, 5) is 11.4. The van der Waals surface area contributed by atoms with Gasteiger partial charge in [-0.1, -0.05) is 0 Å². The van der Waals surface area contributed by atoms with Gasteiger partial charge in [-0.15, -0.1) is 0 Å². The van der Waals surface area contributed by atoms with Crippen molar-refractivity contribution in [2.45, 2.75) is 0 Å². The van der Waals surface area contributed by atoms with Gasteiger partial charge in [0.1, 0.15) is 11.8 Å². The van der Waals surface area contributed by atoms with Crippen molar-refractivity contribution < 1.29 is 9.13 Å². The van der Waals surface area contributed by atoms with Crippen LogP contribution < -0.4 is 10.3 Å². The Morgan fingerprint density at radius 2 is 2.16 bits per heavy atom. The molecule has 96 valence electrons. The molecule has 0 saturated carbocycles. The minimum absolute atomic E-state index is 0.104. The van der Waals surface area contributed by atoms with E-state index in [-0.39, 0.29) is 17.0 Å². The fraction of sp³-hybridized carbons (Fsp3) is 0.154. The molecule has 2 rings (SSSR count). The van der Waals surface area contributed by atoms with Crippen LogP contribution in [-0.2, 0) is 7.05 Å². The van der Waals surface area contributed by atoms with Crippen molar-refractivity contribution in [1.29, 1.82) is 5.26 Å². The number of nitriles is 1. The third kappa shape index (κ3) is 2.31. The number of aromatic nitrogens is 2. The Hall–Kier alpha value is -2.68. The maximum Gasteiger partial charge on any atom is 0.267 e. The SMILES string of the molecule is COc1ccc(-c2nn(C)c(=O)cc2C#N)cc1F. The summed E-state index contributed by atoms with van der Waals surface area (Å²) < 4.78 is 19.6. The highest BCUT2D eigenvalue weighted by molar-refractivity contribution is 5.66. The molecule has 0 atom stereocenters. The van der Waals surface area contributed by atoms with Crippen LogP contribution in [0.5, 0.6) is 5.75 Å². The van der Waals surface area contributed by atoms with Crippen LogP contribution in [0.2, 0.25) is 0 Å². The van der Waals surface area contributed by atoms with Gasteiger partial charge in [-0.2, -0.15) is 10.4 Å². The molecule has 5 nitrogen and oxygen atoms in total. The molecule has 0 aliphatic heterocycles. The quantitative estimate of drug-likeness (QED) is 0.819. The van der Waals surface area contributed by atoms with E-state index in [2.05, 4.69) is 5.10 Å². The van der Waals surface area contributed by atoms with Crippen molar-refractivity contribution in [3.63, 3.8) is 0 Å². The van der Waals surface area contributed by atoms with E-state index in [1.54, 1.807) is 6.07 Å². The van der Waals surface area contributed by atoms with E-state index in [1.165, 1.54) is 32.4 Å². The van der Waals surface area contributed by atoms with Crippen molar-refractivity contribution in [1.82, 2.24) is 9.78 Å². The summed E-state index contributed by atoms with van der Waals surface area (Å²) in [5, 5.41) is 13.0. The highest BCUT2D eigenvalue weighted by Gasteiger charge is 2.12. The molecular formula is C13H10FN3O2. The van der Waals surface area contributed by atoms with E-state index >= 15 is 0 Å². The number of nitrogens with zero attached hydrogens (tertiary/aromatic N) is 3. The molecule has 1 aromatic heterocycles. The molecule has 1 aromatic carbocycles. The molecule has 2 aromatic rings. The molecule has 0 unspecified atom stereocenters. The molecule has 0 fully saturated rings. The van der Waals surface area contributed by atoms with Crippen molar-refractivity contribution in [3.05, 3.63) is 46.0 Å². The number of benzene rings is 1. The number of halogens is 1. The standard InChI is InChI=1S/C13H10FN3O2/c1-17-12(18)6-9(7-15)13(16-17)8-3-4-11(19-2)10(14)5-8/h3-6H,1-2H3. The average molecular weight is 259 g/mol. The number of rotatable bonds is 2. The first-order valence-electron chi connectivity index (χ1n) is 5.39. The van der Waals surface area contributed by atoms with Gasteiger partial charge in [0.2, 0.25) is 0 Å². The molecule has 19 heavy (non-hydrogen) atoms. The van der Waals surface area contributed by atoms with E-state index in [4.69, 9.17) is 10.00 Å². The average Bonchev–Trinajstić information content (AvgIpc) is 2.41. The van der Waals surface area contributed by atoms with Crippen molar-refractivity contribution in [2.75, 3.05) is 7.11 Å². The number of ether oxygens (including phenoxy) is 1. The highest BCUT2D eigenvalue weighted by atomic mass is 19.1. The fourth-order valence-corrected chi connectivity index (χ4v) is 1.65. The minimum atomic E-state index is -0.556. The zero-order chi connectivity index (χ0) is 14.0. The first-order chi connectivity index (χ1) is 9.06. The highest BCUT2D eigenvalue weighted by Crippen LogP contribution is 2.25. The number of hydrogen-bond acceptors (Lipinski definition) is 4. The maximum atomic E-state index is 13.6. The smallest absolute Gasteiger partial charge is 0.267 e. The number of aryl methyl sites for hydroxylation is 1. The van der Waals surface area contributed by atoms with Gasteiger partial charge < -0.3 is 4.74 Å². The van der Waals surface area contributed by atoms with Crippen molar-refractivity contribution >= 4 is 0 Å². The number of methoxy groups -OCH3 is 1. The molecule has 1 heterocycles. The fourth-order valence-electron chi connectivity index (χ4n) is 1.65. The zero-order valence-corrected chi connectivity index (χ0v) is 10.3. The molecule has 0 bridgehead atoms. The molecule has 0 saturated heterocycles. The normalized spacial score (nSPS) is 10.0. The summed E-state index contributed by atoms with van der Waals surface area (Å²) in [7, 11) is 2.83. The molecule has 0 aliphatic rings. The predicted octanol–water partition coefficient (Wildman–Crippen LogP) is 1.47. The summed E-state index contributed by atoms with van der Waals surface area (Å²) in [6, 6.07) is 7.29. The van der Waals surface area contributed by atoms with E-state index in [9.17, 15) is 9.18 Å². The first kappa shape index (κ1) is 12.8. The van der Waals surface area contributed by atoms with Crippen LogP contribution in [0.15, 0.2) is 29.1 Å². The molecule has 0 amide bonds. The van der Waals surface area contributed by atoms with E-state index in [1.807, 2.05) is 6.07 Å². The van der Waals surface area contributed by atoms with Gasteiger partial charge in [-0.05, 0) is 18.2 Å². The molecule has 0 aliphatic carbocycles. The van der Waals surface area contributed by atoms with Gasteiger partial charge in [0.05, 0.1) is 12.7 Å². The minimum Gasteiger partial charge on any atom is -0.494 e. The third-order valence-corrected chi connectivity index (χ3v) is 2.64. The van der Waals surface area contributed by atoms with Gasteiger partial charge in [0, 0.05) is 18.7 Å². The van der Waals surface area contributed by atoms with Gasteiger partial charge in [-0.3, -0.25) is 4.79 Å². The monoisotopic (exact) mass is 259 g/mol. The lowest BCUT2D eigenvalue weighted by atomic mass is 10.1. The number of hydrogen-bond donors (Lipinski definition) is 0. The lowest BCUT2D eigenvalue weighted by Gasteiger charge is -2.07. The van der Waals surface area contributed by atoms with Crippen LogP contribution in [0.4, 0.5) is 4.39 Å². The van der Waals surface area contributed by atoms with Crippen LogP contribution in [0.1, 0.15) is 5.56 Å². The van der Waals surface area contributed by atoms with E-state index in [0.29, 0.717) is 5.56 Å². The van der Waals surface area contributed by atoms with Crippen LogP contribution in [-0.4, -0.2) is 16.9 Å². The molecule has 0 radical (unpaired) electrons. The van der Waals surface area contributed by atoms with Gasteiger partial charge in [-0.25, -0.2) is 9.07 Å². The second-order valence-corrected chi connectivity index (χ2v) is 3.83. The first-order valence-corrected chi connectivity index (χ1v) is 5.39. The van der Waals surface area contributed by atoms with Crippen molar-refractivity contribution in [3.8, 4) is 23.1 Å². The largest absolute Gasteiger partial charge is 0.494 e. The summed E-state index contributed by atoms with van der Waals surface area (Å²) >= 11 is 0. The van der Waals surface area contributed by atoms with E-state index in [0.717, 1.165) is 4.68 Å². The molecular weight excluding hydrogens is 249 g/mol. The Bertz CT molecular complexity index is 732. The maximum absolute atomic E-state index is 13.6. The van der Waals surface area contributed by atoms with Gasteiger partial charge >= 0.3 is 0 Å². The van der Waals surface area contributed by atoms with Gasteiger partial charge in [0.25, 0.3) is 5.56 Å². The second-order valence-electron chi connectivity index (χ2n) is 3.83. The lowest BCUT2D eigenvalue weighted by molar-refractivity contribution is 0.386. The third-order valence-electron chi connectivity index (χ3n) is 2.64. The summed E-state index contributed by atoms with van der Waals surface area (Å²) in [6.07, 6.45) is 0. The lowest BCUT2D eigenvalue weighted by Crippen LogP contribution is -2.20. The van der Waals surface area contributed by atoms with Crippen LogP contribution >= 0.6 is 0 Å². The second kappa shape index (κ2) is 4.90. The van der Waals surface area contributed by atoms with Gasteiger partial charge in [0.15, 0.2) is 11.6 Å². The zero-order valence-electron chi connectivity index (χ0n) is 10.3. The Morgan fingerprint density at radius 1 is 1.42 bits per heavy atom. The van der Waals surface area contributed by atoms with Crippen LogP contribution in [0.3, 0.4) is 0 Å². The van der Waals surface area contributed by atoms with Crippen LogP contribution in [0.25, 0.3) is 11.3 Å². The molecule has 0 spiro atoms. The van der Waals surface area contributed by atoms with Crippen molar-refractivity contribution in [2.24, 2.45) is 7.05 Å². The Labute approximate surface area is 108 Å². The van der Waals surface area contributed by atoms with Crippen LogP contribution in [0, 0.1) is 17.1 Å².